The average molecular weight is 490 g/mol. The summed E-state index contributed by atoms with van der Waals surface area (Å²) in [6.07, 6.45) is -3.60. The number of alkyl halides is 3. The number of carbonyl (C=O) groups is 3. The summed E-state index contributed by atoms with van der Waals surface area (Å²) >= 11 is 6.83. The largest absolute Gasteiger partial charge is 0.463 e. The lowest BCUT2D eigenvalue weighted by molar-refractivity contribution is -0.204. The number of ether oxygens (including phenoxy) is 1. The van der Waals surface area contributed by atoms with Crippen LogP contribution in [0.15, 0.2) is 24.3 Å². The Morgan fingerprint density at radius 3 is 2.50 bits per heavy atom. The molecular formula is C20H19ClF3N3O4S. The fourth-order valence-electron chi connectivity index (χ4n) is 3.44. The summed E-state index contributed by atoms with van der Waals surface area (Å²) < 4.78 is 47.9. The van der Waals surface area contributed by atoms with Gasteiger partial charge in [0.05, 0.1) is 22.8 Å². The number of aryl methyl sites for hydroxylation is 1. The van der Waals surface area contributed by atoms with Gasteiger partial charge in [-0.1, -0.05) is 23.7 Å². The van der Waals surface area contributed by atoms with Crippen LogP contribution in [-0.4, -0.2) is 36.2 Å². The highest BCUT2D eigenvalue weighted by atomic mass is 35.5. The number of carbonyl (C=O) groups excluding carboxylic acids is 3. The molecule has 0 unspecified atom stereocenters. The number of hydrogen-bond acceptors (Lipinski definition) is 6. The van der Waals surface area contributed by atoms with Crippen molar-refractivity contribution < 1.29 is 32.3 Å². The van der Waals surface area contributed by atoms with Crippen molar-refractivity contribution in [1.82, 2.24) is 5.32 Å². The van der Waals surface area contributed by atoms with E-state index in [9.17, 15) is 27.6 Å². The van der Waals surface area contributed by atoms with E-state index in [1.807, 2.05) is 0 Å². The molecule has 3 rings (SSSR count). The first-order valence-corrected chi connectivity index (χ1v) is 10.7. The predicted octanol–water partition coefficient (Wildman–Crippen LogP) is 3.65. The number of halogens is 4. The summed E-state index contributed by atoms with van der Waals surface area (Å²) in [5.74, 6) is -4.00. The van der Waals surface area contributed by atoms with Crippen LogP contribution >= 0.6 is 22.9 Å². The van der Waals surface area contributed by atoms with Crippen LogP contribution in [-0.2, 0) is 22.4 Å². The number of fused-ring (bicyclic) bond motifs is 1. The normalized spacial score (nSPS) is 14.9. The van der Waals surface area contributed by atoms with Gasteiger partial charge in [0, 0.05) is 4.88 Å². The number of thiophene rings is 1. The van der Waals surface area contributed by atoms with Gasteiger partial charge in [0.2, 0.25) is 0 Å². The number of nitrogens with one attached hydrogen (secondary N) is 2. The maximum absolute atomic E-state index is 14.4. The molecule has 2 amide bonds. The van der Waals surface area contributed by atoms with E-state index >= 15 is 0 Å². The van der Waals surface area contributed by atoms with Gasteiger partial charge in [-0.15, -0.1) is 11.3 Å². The molecule has 1 aromatic carbocycles. The van der Waals surface area contributed by atoms with Crippen LogP contribution in [0, 0.1) is 0 Å². The van der Waals surface area contributed by atoms with Gasteiger partial charge in [-0.3, -0.25) is 9.59 Å². The summed E-state index contributed by atoms with van der Waals surface area (Å²) in [5, 5.41) is 3.39. The Morgan fingerprint density at radius 1 is 1.22 bits per heavy atom. The standard InChI is InChI=1S/C20H19ClF3N3O4S/c1-2-31-18(30)19(20(22,23)24,26-16(29)10-6-3-4-8-12(10)21)27-17-14(15(25)28)11-7-5-9-13(11)32-17/h3-4,6,8,27H,2,5,7,9H2,1H3,(H2,25,28)(H,26,29)/t19-/m1/s1. The van der Waals surface area contributed by atoms with Gasteiger partial charge in [0.25, 0.3) is 11.8 Å². The van der Waals surface area contributed by atoms with Crippen LogP contribution in [0.2, 0.25) is 5.02 Å². The Morgan fingerprint density at radius 2 is 1.91 bits per heavy atom. The molecule has 1 atom stereocenters. The maximum Gasteiger partial charge on any atom is 0.441 e. The van der Waals surface area contributed by atoms with Gasteiger partial charge in [-0.2, -0.15) is 13.2 Å². The molecule has 7 nitrogen and oxygen atoms in total. The Bertz CT molecular complexity index is 1070. The van der Waals surface area contributed by atoms with Crippen LogP contribution in [0.25, 0.3) is 0 Å². The molecule has 0 spiro atoms. The quantitative estimate of drug-likeness (QED) is 0.406. The van der Waals surface area contributed by atoms with Crippen LogP contribution in [0.1, 0.15) is 44.5 Å². The number of rotatable bonds is 7. The molecule has 0 saturated carbocycles. The van der Waals surface area contributed by atoms with Gasteiger partial charge in [0.1, 0.15) is 5.00 Å². The second-order valence-corrected chi connectivity index (χ2v) is 8.47. The molecule has 1 aromatic heterocycles. The zero-order valence-electron chi connectivity index (χ0n) is 16.8. The minimum Gasteiger partial charge on any atom is -0.463 e. The van der Waals surface area contributed by atoms with E-state index in [-0.39, 0.29) is 27.8 Å². The lowest BCUT2D eigenvalue weighted by atomic mass is 10.1. The molecular weight excluding hydrogens is 471 g/mol. The summed E-state index contributed by atoms with van der Waals surface area (Å²) in [7, 11) is 0. The SMILES string of the molecule is CCOC(=O)[C@@](NC(=O)c1ccccc1Cl)(Nc1sc2c(c1C(N)=O)CCC2)C(F)(F)F. The third kappa shape index (κ3) is 4.26. The molecule has 0 bridgehead atoms. The number of nitrogens with two attached hydrogens (primary N) is 1. The third-order valence-corrected chi connectivity index (χ3v) is 6.43. The van der Waals surface area contributed by atoms with Crippen LogP contribution in [0.3, 0.4) is 0 Å². The van der Waals surface area contributed by atoms with Gasteiger partial charge >= 0.3 is 17.8 Å². The fraction of sp³-hybridized carbons (Fsp3) is 0.350. The molecule has 12 heteroatoms. The Kier molecular flexibility index (Phi) is 6.70. The van der Waals surface area contributed by atoms with E-state index < -0.39 is 29.6 Å². The van der Waals surface area contributed by atoms with Gasteiger partial charge < -0.3 is 21.1 Å². The Labute approximate surface area is 190 Å². The van der Waals surface area contributed by atoms with Crippen LogP contribution in [0.4, 0.5) is 18.2 Å². The molecule has 2 aromatic rings. The summed E-state index contributed by atoms with van der Waals surface area (Å²) in [5.41, 5.74) is 1.87. The molecule has 1 heterocycles. The molecule has 1 aliphatic carbocycles. The highest BCUT2D eigenvalue weighted by molar-refractivity contribution is 7.16. The zero-order valence-corrected chi connectivity index (χ0v) is 18.3. The van der Waals surface area contributed by atoms with Gasteiger partial charge in [-0.05, 0) is 43.9 Å². The van der Waals surface area contributed by atoms with Crippen molar-refractivity contribution in [2.75, 3.05) is 11.9 Å². The van der Waals surface area contributed by atoms with E-state index in [1.165, 1.54) is 31.2 Å². The molecule has 32 heavy (non-hydrogen) atoms. The smallest absolute Gasteiger partial charge is 0.441 e. The number of hydrogen-bond donors (Lipinski definition) is 3. The Hall–Kier alpha value is -2.79. The molecule has 0 fully saturated rings. The second kappa shape index (κ2) is 8.99. The van der Waals surface area contributed by atoms with E-state index in [2.05, 4.69) is 10.1 Å². The molecule has 0 aliphatic heterocycles. The van der Waals surface area contributed by atoms with Gasteiger partial charge in [0.15, 0.2) is 0 Å². The number of anilines is 1. The van der Waals surface area contributed by atoms with Crippen LogP contribution in [0.5, 0.6) is 0 Å². The number of esters is 1. The predicted molar refractivity (Wildman–Crippen MR) is 113 cm³/mol. The van der Waals surface area contributed by atoms with Crippen molar-refractivity contribution in [3.8, 4) is 0 Å². The average Bonchev–Trinajstić information content (AvgIpc) is 3.27. The van der Waals surface area contributed by atoms with Crippen molar-refractivity contribution in [2.24, 2.45) is 5.73 Å². The summed E-state index contributed by atoms with van der Waals surface area (Å²) in [4.78, 5) is 38.2. The first kappa shape index (κ1) is 23.9. The zero-order chi connectivity index (χ0) is 23.7. The van der Waals surface area contributed by atoms with Crippen molar-refractivity contribution in [1.29, 1.82) is 0 Å². The highest BCUT2D eigenvalue weighted by Gasteiger charge is 2.64. The van der Waals surface area contributed by atoms with E-state index in [4.69, 9.17) is 17.3 Å². The maximum atomic E-state index is 14.4. The van der Waals surface area contributed by atoms with E-state index in [0.717, 1.165) is 17.8 Å². The first-order chi connectivity index (χ1) is 15.0. The Balaban J connectivity index is 2.13. The fourth-order valence-corrected chi connectivity index (χ4v) is 5.01. The van der Waals surface area contributed by atoms with Crippen molar-refractivity contribution >= 4 is 45.7 Å². The molecule has 4 N–H and O–H groups in total. The third-order valence-electron chi connectivity index (χ3n) is 4.90. The lowest BCUT2D eigenvalue weighted by Gasteiger charge is -2.35. The summed E-state index contributed by atoms with van der Waals surface area (Å²) in [6.45, 7) is 0.938. The highest BCUT2D eigenvalue weighted by Crippen LogP contribution is 2.42. The summed E-state index contributed by atoms with van der Waals surface area (Å²) in [6, 6.07) is 5.42. The van der Waals surface area contributed by atoms with E-state index in [1.54, 1.807) is 5.32 Å². The molecule has 0 saturated heterocycles. The topological polar surface area (TPSA) is 111 Å². The van der Waals surface area contributed by atoms with Crippen molar-refractivity contribution in [3.05, 3.63) is 50.9 Å². The number of primary amides is 1. The minimum atomic E-state index is -5.36. The van der Waals surface area contributed by atoms with E-state index in [0.29, 0.717) is 23.3 Å². The van der Waals surface area contributed by atoms with Crippen molar-refractivity contribution in [3.63, 3.8) is 0 Å². The second-order valence-electron chi connectivity index (χ2n) is 6.95. The van der Waals surface area contributed by atoms with Crippen molar-refractivity contribution in [2.45, 2.75) is 38.0 Å². The molecule has 0 radical (unpaired) electrons. The molecule has 1 aliphatic rings. The molecule has 172 valence electrons. The number of benzene rings is 1. The van der Waals surface area contributed by atoms with Crippen LogP contribution < -0.4 is 16.4 Å². The van der Waals surface area contributed by atoms with Gasteiger partial charge in [-0.25, -0.2) is 4.79 Å². The number of amides is 2. The lowest BCUT2D eigenvalue weighted by Crippen LogP contribution is -2.69. The minimum absolute atomic E-state index is 0.113. The monoisotopic (exact) mass is 489 g/mol. The first-order valence-electron chi connectivity index (χ1n) is 9.55.